The number of hydrogen-bond donors (Lipinski definition) is 1. The van der Waals surface area contributed by atoms with Crippen LogP contribution in [-0.4, -0.2) is 12.0 Å². The van der Waals surface area contributed by atoms with Gasteiger partial charge in [-0.25, -0.2) is 0 Å². The van der Waals surface area contributed by atoms with Gasteiger partial charge in [-0.05, 0) is 31.5 Å². The maximum Gasteiger partial charge on any atom is 0.416 e. The van der Waals surface area contributed by atoms with Gasteiger partial charge in [0.2, 0.25) is 5.88 Å². The van der Waals surface area contributed by atoms with Gasteiger partial charge < -0.3 is 10.1 Å². The summed E-state index contributed by atoms with van der Waals surface area (Å²) in [5.74, 6) is 0.486. The molecule has 0 fully saturated rings. The molecule has 0 aliphatic carbocycles. The van der Waals surface area contributed by atoms with E-state index >= 15 is 0 Å². The van der Waals surface area contributed by atoms with E-state index in [0.29, 0.717) is 5.75 Å². The smallest absolute Gasteiger partial charge is 0.416 e. The summed E-state index contributed by atoms with van der Waals surface area (Å²) >= 11 is 0. The third kappa shape index (κ3) is 3.65. The first-order valence-corrected chi connectivity index (χ1v) is 6.32. The van der Waals surface area contributed by atoms with E-state index in [1.54, 1.807) is 6.07 Å². The fourth-order valence-corrected chi connectivity index (χ4v) is 1.88. The number of benzene rings is 1. The van der Waals surface area contributed by atoms with Gasteiger partial charge in [0.05, 0.1) is 5.56 Å². The SMILES string of the molecule is CNc1cc(C(F)(F)F)cc(Oc2ccc(C)cc2C)n1. The maximum absolute atomic E-state index is 12.8. The molecule has 0 amide bonds. The lowest BCUT2D eigenvalue weighted by atomic mass is 10.1. The summed E-state index contributed by atoms with van der Waals surface area (Å²) in [5, 5.41) is 2.60. The lowest BCUT2D eigenvalue weighted by molar-refractivity contribution is -0.137. The second-order valence-corrected chi connectivity index (χ2v) is 4.70. The van der Waals surface area contributed by atoms with Crippen LogP contribution in [0.5, 0.6) is 11.6 Å². The number of alkyl halides is 3. The van der Waals surface area contributed by atoms with Crippen LogP contribution >= 0.6 is 0 Å². The van der Waals surface area contributed by atoms with Crippen LogP contribution in [0, 0.1) is 13.8 Å². The lowest BCUT2D eigenvalue weighted by Crippen LogP contribution is -2.07. The molecular weight excluding hydrogens is 281 g/mol. The Kier molecular flexibility index (Phi) is 4.06. The van der Waals surface area contributed by atoms with E-state index in [1.807, 2.05) is 26.0 Å². The first-order chi connectivity index (χ1) is 9.79. The van der Waals surface area contributed by atoms with E-state index in [1.165, 1.54) is 7.05 Å². The van der Waals surface area contributed by atoms with Gasteiger partial charge in [-0.2, -0.15) is 18.2 Å². The van der Waals surface area contributed by atoms with Crippen molar-refractivity contribution in [2.24, 2.45) is 0 Å². The molecule has 1 heterocycles. The number of nitrogens with zero attached hydrogens (tertiary/aromatic N) is 1. The van der Waals surface area contributed by atoms with Crippen molar-refractivity contribution in [2.45, 2.75) is 20.0 Å². The molecule has 0 aliphatic rings. The minimum Gasteiger partial charge on any atom is -0.439 e. The first-order valence-electron chi connectivity index (χ1n) is 6.32. The molecule has 0 radical (unpaired) electrons. The van der Waals surface area contributed by atoms with Gasteiger partial charge >= 0.3 is 6.18 Å². The topological polar surface area (TPSA) is 34.1 Å². The predicted molar refractivity (Wildman–Crippen MR) is 74.8 cm³/mol. The normalized spacial score (nSPS) is 11.3. The summed E-state index contributed by atoms with van der Waals surface area (Å²) in [6.07, 6.45) is -4.45. The minimum atomic E-state index is -4.45. The highest BCUT2D eigenvalue weighted by atomic mass is 19.4. The van der Waals surface area contributed by atoms with Gasteiger partial charge in [-0.3, -0.25) is 0 Å². The Labute approximate surface area is 120 Å². The zero-order valence-electron chi connectivity index (χ0n) is 11.9. The molecule has 0 bridgehead atoms. The largest absolute Gasteiger partial charge is 0.439 e. The summed E-state index contributed by atoms with van der Waals surface area (Å²) in [5.41, 5.74) is 1.08. The van der Waals surface area contributed by atoms with Crippen LogP contribution in [0.15, 0.2) is 30.3 Å². The average molecular weight is 296 g/mol. The van der Waals surface area contributed by atoms with E-state index in [0.717, 1.165) is 23.3 Å². The Morgan fingerprint density at radius 2 is 1.81 bits per heavy atom. The molecule has 3 nitrogen and oxygen atoms in total. The van der Waals surface area contributed by atoms with Crippen molar-refractivity contribution < 1.29 is 17.9 Å². The molecule has 1 aromatic carbocycles. The van der Waals surface area contributed by atoms with Crippen LogP contribution in [0.2, 0.25) is 0 Å². The van der Waals surface area contributed by atoms with Crippen LogP contribution in [0.1, 0.15) is 16.7 Å². The fraction of sp³-hybridized carbons (Fsp3) is 0.267. The Balaban J connectivity index is 2.39. The number of pyridine rings is 1. The molecule has 6 heteroatoms. The van der Waals surface area contributed by atoms with Gasteiger partial charge in [0, 0.05) is 13.1 Å². The number of nitrogens with one attached hydrogen (secondary N) is 1. The highest BCUT2D eigenvalue weighted by Gasteiger charge is 2.32. The zero-order valence-corrected chi connectivity index (χ0v) is 11.9. The van der Waals surface area contributed by atoms with E-state index in [-0.39, 0.29) is 11.7 Å². The monoisotopic (exact) mass is 296 g/mol. The molecular formula is C15H15F3N2O. The molecule has 0 atom stereocenters. The molecule has 112 valence electrons. The molecule has 0 saturated heterocycles. The molecule has 0 unspecified atom stereocenters. The maximum atomic E-state index is 12.8. The minimum absolute atomic E-state index is 0.0962. The molecule has 0 spiro atoms. The second-order valence-electron chi connectivity index (χ2n) is 4.70. The average Bonchev–Trinajstić information content (AvgIpc) is 2.40. The Hall–Kier alpha value is -2.24. The Bertz CT molecular complexity index is 654. The summed E-state index contributed by atoms with van der Waals surface area (Å²) in [6.45, 7) is 3.76. The number of anilines is 1. The van der Waals surface area contributed by atoms with Crippen molar-refractivity contribution in [2.75, 3.05) is 12.4 Å². The number of ether oxygens (including phenoxy) is 1. The molecule has 0 aliphatic heterocycles. The lowest BCUT2D eigenvalue weighted by Gasteiger charge is -2.13. The van der Waals surface area contributed by atoms with Crippen LogP contribution in [-0.2, 0) is 6.18 Å². The highest BCUT2D eigenvalue weighted by Crippen LogP contribution is 2.34. The summed E-state index contributed by atoms with van der Waals surface area (Å²) in [7, 11) is 1.50. The molecule has 21 heavy (non-hydrogen) atoms. The Morgan fingerprint density at radius 1 is 1.10 bits per heavy atom. The van der Waals surface area contributed by atoms with Crippen LogP contribution in [0.25, 0.3) is 0 Å². The third-order valence-corrected chi connectivity index (χ3v) is 2.93. The quantitative estimate of drug-likeness (QED) is 0.902. The second kappa shape index (κ2) is 5.63. The van der Waals surface area contributed by atoms with Crippen molar-refractivity contribution in [3.63, 3.8) is 0 Å². The van der Waals surface area contributed by atoms with Crippen molar-refractivity contribution in [1.29, 1.82) is 0 Å². The molecule has 1 aromatic heterocycles. The summed E-state index contributed by atoms with van der Waals surface area (Å²) < 4.78 is 44.0. The van der Waals surface area contributed by atoms with Crippen LogP contribution in [0.3, 0.4) is 0 Å². The number of rotatable bonds is 3. The van der Waals surface area contributed by atoms with E-state index < -0.39 is 11.7 Å². The zero-order chi connectivity index (χ0) is 15.6. The summed E-state index contributed by atoms with van der Waals surface area (Å²) in [4.78, 5) is 3.99. The van der Waals surface area contributed by atoms with E-state index in [9.17, 15) is 13.2 Å². The predicted octanol–water partition coefficient (Wildman–Crippen LogP) is 4.55. The van der Waals surface area contributed by atoms with Gasteiger partial charge in [0.25, 0.3) is 0 Å². The number of aromatic nitrogens is 1. The van der Waals surface area contributed by atoms with Crippen molar-refractivity contribution in [1.82, 2.24) is 4.98 Å². The van der Waals surface area contributed by atoms with Gasteiger partial charge in [0.15, 0.2) is 0 Å². The van der Waals surface area contributed by atoms with Gasteiger partial charge in [-0.15, -0.1) is 0 Å². The summed E-state index contributed by atoms with van der Waals surface area (Å²) in [6, 6.07) is 7.26. The third-order valence-electron chi connectivity index (χ3n) is 2.93. The number of hydrogen-bond acceptors (Lipinski definition) is 3. The molecule has 2 rings (SSSR count). The van der Waals surface area contributed by atoms with Gasteiger partial charge in [-0.1, -0.05) is 17.7 Å². The molecule has 2 aromatic rings. The van der Waals surface area contributed by atoms with E-state index in [2.05, 4.69) is 10.3 Å². The van der Waals surface area contributed by atoms with Gasteiger partial charge in [0.1, 0.15) is 11.6 Å². The number of halogens is 3. The van der Waals surface area contributed by atoms with E-state index in [4.69, 9.17) is 4.74 Å². The van der Waals surface area contributed by atoms with Crippen LogP contribution < -0.4 is 10.1 Å². The van der Waals surface area contributed by atoms with Crippen LogP contribution in [0.4, 0.5) is 19.0 Å². The standard InChI is InChI=1S/C15H15F3N2O/c1-9-4-5-12(10(2)6-9)21-14-8-11(15(16,17)18)7-13(19-3)20-14/h4-8H,1-3H3,(H,19,20). The number of aryl methyl sites for hydroxylation is 2. The van der Waals surface area contributed by atoms with Crippen molar-refractivity contribution in [3.8, 4) is 11.6 Å². The molecule has 1 N–H and O–H groups in total. The molecule has 0 saturated carbocycles. The van der Waals surface area contributed by atoms with Crippen molar-refractivity contribution >= 4 is 5.82 Å². The highest BCUT2D eigenvalue weighted by molar-refractivity contribution is 5.44. The van der Waals surface area contributed by atoms with Crippen molar-refractivity contribution in [3.05, 3.63) is 47.0 Å². The first kappa shape index (κ1) is 15.2. The Morgan fingerprint density at radius 3 is 2.38 bits per heavy atom. The fourth-order valence-electron chi connectivity index (χ4n) is 1.88.